The molecular weight excluding hydrogens is 618 g/mol. The molecule has 18 heteroatoms. The molecule has 2 amide bonds. The van der Waals surface area contributed by atoms with Gasteiger partial charge in [-0.2, -0.15) is 31.6 Å². The monoisotopic (exact) mass is 648 g/mol. The van der Waals surface area contributed by atoms with E-state index < -0.39 is 30.3 Å². The maximum atomic E-state index is 12.6. The summed E-state index contributed by atoms with van der Waals surface area (Å²) in [6.07, 6.45) is -8.68. The van der Waals surface area contributed by atoms with Gasteiger partial charge in [0.1, 0.15) is 11.9 Å². The molecule has 2 aromatic rings. The van der Waals surface area contributed by atoms with E-state index in [-0.39, 0.29) is 17.9 Å². The van der Waals surface area contributed by atoms with Crippen molar-refractivity contribution in [3.05, 3.63) is 58.8 Å². The van der Waals surface area contributed by atoms with E-state index in [9.17, 15) is 35.9 Å². The fourth-order valence-electron chi connectivity index (χ4n) is 3.78. The number of hydrogen-bond donors (Lipinski definition) is 6. The number of amides is 2. The molecule has 0 bridgehead atoms. The van der Waals surface area contributed by atoms with Crippen LogP contribution in [0, 0.1) is 24.2 Å². The van der Waals surface area contributed by atoms with Gasteiger partial charge in [-0.15, -0.1) is 0 Å². The van der Waals surface area contributed by atoms with E-state index in [0.717, 1.165) is 29.8 Å². The zero-order valence-electron chi connectivity index (χ0n) is 23.8. The third-order valence-electron chi connectivity index (χ3n) is 6.03. The van der Waals surface area contributed by atoms with Crippen LogP contribution in [0.1, 0.15) is 35.7 Å². The molecular formula is C27H30F6N6O6. The number of pyridine rings is 1. The van der Waals surface area contributed by atoms with Gasteiger partial charge in [0, 0.05) is 12.2 Å². The second kappa shape index (κ2) is 16.8. The molecule has 3 rings (SSSR count). The molecule has 0 saturated carbocycles. The number of aliphatic carboxylic acids is 2. The van der Waals surface area contributed by atoms with Crippen molar-refractivity contribution in [2.75, 3.05) is 12.3 Å². The first-order valence-corrected chi connectivity index (χ1v) is 12.9. The summed E-state index contributed by atoms with van der Waals surface area (Å²) in [6.45, 7) is 4.55. The number of carbonyl (C=O) groups excluding carboxylic acids is 2. The molecule has 246 valence electrons. The Balaban J connectivity index is 0.000000601. The Morgan fingerprint density at radius 2 is 1.67 bits per heavy atom. The zero-order chi connectivity index (χ0) is 34.5. The molecule has 1 aromatic heterocycles. The predicted molar refractivity (Wildman–Crippen MR) is 145 cm³/mol. The average Bonchev–Trinajstić information content (AvgIpc) is 3.40. The molecule has 0 unspecified atom stereocenters. The van der Waals surface area contributed by atoms with Crippen molar-refractivity contribution in [3.8, 4) is 6.07 Å². The lowest BCUT2D eigenvalue weighted by Crippen LogP contribution is -2.50. The normalized spacial score (nSPS) is 16.4. The molecule has 1 saturated heterocycles. The number of nitrogens with two attached hydrogens (primary N) is 1. The fraction of sp³-hybridized carbons (Fsp3) is 0.407. The minimum atomic E-state index is -5.08. The highest BCUT2D eigenvalue weighted by Gasteiger charge is 2.39. The number of anilines is 1. The number of benzene rings is 1. The summed E-state index contributed by atoms with van der Waals surface area (Å²) >= 11 is 0. The highest BCUT2D eigenvalue weighted by atomic mass is 19.4. The van der Waals surface area contributed by atoms with E-state index in [1.54, 1.807) is 19.1 Å². The van der Waals surface area contributed by atoms with E-state index in [2.05, 4.69) is 27.0 Å². The second-order valence-corrected chi connectivity index (χ2v) is 9.61. The fourth-order valence-corrected chi connectivity index (χ4v) is 3.78. The number of rotatable bonds is 7. The third kappa shape index (κ3) is 13.9. The Morgan fingerprint density at radius 1 is 1.09 bits per heavy atom. The first-order valence-electron chi connectivity index (χ1n) is 12.9. The molecule has 45 heavy (non-hydrogen) atoms. The zero-order valence-corrected chi connectivity index (χ0v) is 23.8. The second-order valence-electron chi connectivity index (χ2n) is 9.61. The van der Waals surface area contributed by atoms with Gasteiger partial charge >= 0.3 is 24.3 Å². The molecule has 12 nitrogen and oxygen atoms in total. The van der Waals surface area contributed by atoms with Crippen molar-refractivity contribution in [2.45, 2.75) is 57.7 Å². The molecule has 3 atom stereocenters. The predicted octanol–water partition coefficient (Wildman–Crippen LogP) is 2.45. The number of nitriles is 1. The molecule has 0 spiro atoms. The SMILES string of the molecule is Cc1nc(N)ccc1CNC(=O)[C@H](C)NC(=O)[C@H]1C[C@H](Cc2cccc(C#N)c2)CN1.O=C(O)C(F)(F)F.O=C(O)C(F)(F)F. The summed E-state index contributed by atoms with van der Waals surface area (Å²) in [5.74, 6) is -5.21. The van der Waals surface area contributed by atoms with Crippen LogP contribution in [-0.2, 0) is 32.1 Å². The third-order valence-corrected chi connectivity index (χ3v) is 6.03. The maximum absolute atomic E-state index is 12.6. The van der Waals surface area contributed by atoms with Gasteiger partial charge in [0.2, 0.25) is 11.8 Å². The van der Waals surface area contributed by atoms with Crippen molar-refractivity contribution in [1.29, 1.82) is 5.26 Å². The van der Waals surface area contributed by atoms with E-state index >= 15 is 0 Å². The van der Waals surface area contributed by atoms with Crippen LogP contribution in [0.5, 0.6) is 0 Å². The molecule has 0 radical (unpaired) electrons. The minimum Gasteiger partial charge on any atom is -0.475 e. The van der Waals surface area contributed by atoms with Crippen LogP contribution in [-0.4, -0.2) is 69.9 Å². The van der Waals surface area contributed by atoms with Crippen LogP contribution in [0.4, 0.5) is 32.2 Å². The van der Waals surface area contributed by atoms with Gasteiger partial charge in [-0.3, -0.25) is 9.59 Å². The quantitative estimate of drug-likeness (QED) is 0.242. The van der Waals surface area contributed by atoms with Gasteiger partial charge in [0.05, 0.1) is 17.7 Å². The van der Waals surface area contributed by atoms with E-state index in [0.29, 0.717) is 30.3 Å². The first kappa shape index (κ1) is 38.1. The van der Waals surface area contributed by atoms with Crippen LogP contribution >= 0.6 is 0 Å². The summed E-state index contributed by atoms with van der Waals surface area (Å²) < 4.78 is 63.5. The molecule has 1 fully saturated rings. The summed E-state index contributed by atoms with van der Waals surface area (Å²) in [4.78, 5) is 47.0. The van der Waals surface area contributed by atoms with Crippen molar-refractivity contribution in [1.82, 2.24) is 20.9 Å². The van der Waals surface area contributed by atoms with Crippen molar-refractivity contribution in [3.63, 3.8) is 0 Å². The average molecular weight is 649 g/mol. The van der Waals surface area contributed by atoms with Gasteiger partial charge in [-0.05, 0) is 68.5 Å². The lowest BCUT2D eigenvalue weighted by molar-refractivity contribution is -0.193. The number of alkyl halides is 6. The Morgan fingerprint density at radius 3 is 2.18 bits per heavy atom. The molecule has 1 aliphatic heterocycles. The molecule has 7 N–H and O–H groups in total. The maximum Gasteiger partial charge on any atom is 0.490 e. The van der Waals surface area contributed by atoms with Gasteiger partial charge in [-0.1, -0.05) is 18.2 Å². The number of aromatic nitrogens is 1. The number of nitrogens with one attached hydrogen (secondary N) is 3. The van der Waals surface area contributed by atoms with Gasteiger partial charge in [-0.25, -0.2) is 14.6 Å². The number of halogens is 6. The molecule has 0 aliphatic carbocycles. The highest BCUT2D eigenvalue weighted by molar-refractivity contribution is 5.89. The molecule has 1 aromatic carbocycles. The van der Waals surface area contributed by atoms with Crippen molar-refractivity contribution >= 4 is 29.6 Å². The van der Waals surface area contributed by atoms with Crippen molar-refractivity contribution in [2.24, 2.45) is 5.92 Å². The number of nitrogen functional groups attached to an aromatic ring is 1. The topological polar surface area (TPSA) is 208 Å². The number of carbonyl (C=O) groups is 4. The van der Waals surface area contributed by atoms with Crippen LogP contribution in [0.3, 0.4) is 0 Å². The van der Waals surface area contributed by atoms with Crippen LogP contribution in [0.25, 0.3) is 0 Å². The van der Waals surface area contributed by atoms with Gasteiger partial charge < -0.3 is 31.9 Å². The number of nitrogens with zero attached hydrogens (tertiary/aromatic N) is 2. The number of aryl methyl sites for hydroxylation is 1. The number of hydrogen-bond acceptors (Lipinski definition) is 8. The Kier molecular flexibility index (Phi) is 14.2. The summed E-state index contributed by atoms with van der Waals surface area (Å²) in [5.41, 5.74) is 9.02. The lowest BCUT2D eigenvalue weighted by Gasteiger charge is -2.17. The Bertz CT molecular complexity index is 1370. The number of carboxylic acid groups (broad SMARTS) is 2. The summed E-state index contributed by atoms with van der Waals surface area (Å²) in [5, 5.41) is 32.1. The van der Waals surface area contributed by atoms with E-state index in [4.69, 9.17) is 30.8 Å². The smallest absolute Gasteiger partial charge is 0.475 e. The molecule has 2 heterocycles. The highest BCUT2D eigenvalue weighted by Crippen LogP contribution is 2.20. The molecule has 1 aliphatic rings. The van der Waals surface area contributed by atoms with Crippen molar-refractivity contribution < 1.29 is 55.7 Å². The van der Waals surface area contributed by atoms with Gasteiger partial charge in [0.25, 0.3) is 0 Å². The van der Waals surface area contributed by atoms with Gasteiger partial charge in [0.15, 0.2) is 0 Å². The summed E-state index contributed by atoms with van der Waals surface area (Å²) in [7, 11) is 0. The van der Waals surface area contributed by atoms with E-state index in [1.165, 1.54) is 0 Å². The van der Waals surface area contributed by atoms with Crippen LogP contribution < -0.4 is 21.7 Å². The number of carboxylic acids is 2. The minimum absolute atomic E-state index is 0.179. The largest absolute Gasteiger partial charge is 0.490 e. The standard InChI is InChI=1S/C23H28N6O2.2C2HF3O2/c1-14-19(6-7-21(25)28-14)13-27-22(30)15(2)29-23(31)20-10-18(12-26-20)9-16-4-3-5-17(8-16)11-24;2*3-2(4,5)1(6)7/h3-8,15,18,20,26H,9-10,12-13H2,1-2H3,(H2,25,28)(H,27,30)(H,29,31);2*(H,6,7)/t15-,18-,20+;;/m0../s1. The Labute approximate surface area is 252 Å². The van der Waals surface area contributed by atoms with Crippen LogP contribution in [0.15, 0.2) is 36.4 Å². The summed E-state index contributed by atoms with van der Waals surface area (Å²) in [6, 6.07) is 12.2. The van der Waals surface area contributed by atoms with Crippen LogP contribution in [0.2, 0.25) is 0 Å². The van der Waals surface area contributed by atoms with E-state index in [1.807, 2.05) is 31.2 Å². The Hall–Kier alpha value is -4.92. The first-order chi connectivity index (χ1) is 20.7. The lowest BCUT2D eigenvalue weighted by atomic mass is 9.95.